The maximum absolute atomic E-state index is 11.8. The minimum absolute atomic E-state index is 0.0512. The molecule has 8 heteroatoms. The molecule has 0 amide bonds. The topological polar surface area (TPSA) is 69.4 Å². The molecule has 0 bridgehead atoms. The second-order valence-corrected chi connectivity index (χ2v) is 5.44. The van der Waals surface area contributed by atoms with Gasteiger partial charge in [-0.3, -0.25) is 14.9 Å². The Morgan fingerprint density at radius 2 is 2.05 bits per heavy atom. The number of nitrogens with zero attached hydrogens (tertiary/aromatic N) is 1. The van der Waals surface area contributed by atoms with E-state index >= 15 is 0 Å². The molecule has 0 atom stereocenters. The second kappa shape index (κ2) is 6.21. The number of nitro benzene ring substituents is 1. The molecule has 1 heterocycles. The van der Waals surface area contributed by atoms with Gasteiger partial charge in [-0.05, 0) is 11.4 Å². The zero-order chi connectivity index (χ0) is 14.7. The van der Waals surface area contributed by atoms with Gasteiger partial charge in [-0.15, -0.1) is 11.3 Å². The largest absolute Gasteiger partial charge is 0.478 e. The fourth-order valence-corrected chi connectivity index (χ4v) is 2.39. The first-order valence-corrected chi connectivity index (χ1v) is 6.95. The molecule has 1 aromatic heterocycles. The van der Waals surface area contributed by atoms with Crippen LogP contribution in [-0.4, -0.2) is 17.3 Å². The lowest BCUT2D eigenvalue weighted by Gasteiger charge is -2.06. The number of hydrogen-bond donors (Lipinski definition) is 0. The summed E-state index contributed by atoms with van der Waals surface area (Å²) in [6.45, 7) is -0.306. The van der Waals surface area contributed by atoms with Gasteiger partial charge in [0.2, 0.25) is 5.78 Å². The minimum Gasteiger partial charge on any atom is -0.478 e. The molecule has 104 valence electrons. The van der Waals surface area contributed by atoms with Crippen LogP contribution in [0, 0.1) is 10.1 Å². The van der Waals surface area contributed by atoms with Crippen molar-refractivity contribution in [3.05, 3.63) is 54.7 Å². The van der Waals surface area contributed by atoms with Gasteiger partial charge in [0, 0.05) is 12.1 Å². The molecule has 5 nitrogen and oxygen atoms in total. The maximum Gasteiger partial charge on any atom is 0.312 e. The molecule has 0 aliphatic rings. The number of nitro groups is 1. The minimum atomic E-state index is -0.646. The molecule has 2 rings (SSSR count). The predicted octanol–water partition coefficient (Wildman–Crippen LogP) is 4.22. The Labute approximate surface area is 127 Å². The van der Waals surface area contributed by atoms with Gasteiger partial charge in [-0.2, -0.15) is 0 Å². The molecule has 0 radical (unpaired) electrons. The first kappa shape index (κ1) is 14.8. The number of carbonyl (C=O) groups excluding carboxylic acids is 1. The van der Waals surface area contributed by atoms with Crippen LogP contribution in [0.3, 0.4) is 0 Å². The third-order valence-electron chi connectivity index (χ3n) is 2.35. The van der Waals surface area contributed by atoms with E-state index in [4.69, 9.17) is 27.9 Å². The fraction of sp³-hybridized carbons (Fsp3) is 0.0833. The Balaban J connectivity index is 2.19. The van der Waals surface area contributed by atoms with E-state index in [0.29, 0.717) is 4.88 Å². The summed E-state index contributed by atoms with van der Waals surface area (Å²) in [7, 11) is 0. The van der Waals surface area contributed by atoms with E-state index < -0.39 is 4.92 Å². The summed E-state index contributed by atoms with van der Waals surface area (Å²) in [5.74, 6) is -0.352. The molecule has 1 aromatic carbocycles. The number of ether oxygens (including phenoxy) is 1. The lowest BCUT2D eigenvalue weighted by molar-refractivity contribution is -0.385. The number of Topliss-reactive ketones (excluding diaryl/α,β-unsaturated/α-hetero) is 1. The SMILES string of the molecule is O=C(COc1cc(Cl)c(Cl)cc1[N+](=O)[O-])c1cccs1. The molecule has 0 saturated heterocycles. The quantitative estimate of drug-likeness (QED) is 0.467. The second-order valence-electron chi connectivity index (χ2n) is 3.68. The normalized spacial score (nSPS) is 10.3. The summed E-state index contributed by atoms with van der Waals surface area (Å²) in [5.41, 5.74) is -0.335. The van der Waals surface area contributed by atoms with Gasteiger partial charge in [0.1, 0.15) is 0 Å². The van der Waals surface area contributed by atoms with Crippen molar-refractivity contribution in [3.8, 4) is 5.75 Å². The van der Waals surface area contributed by atoms with Gasteiger partial charge in [0.05, 0.1) is 19.8 Å². The number of benzene rings is 1. The summed E-state index contributed by atoms with van der Waals surface area (Å²) in [4.78, 5) is 22.5. The van der Waals surface area contributed by atoms with E-state index in [-0.39, 0.29) is 33.9 Å². The molecule has 0 fully saturated rings. The van der Waals surface area contributed by atoms with Crippen molar-refractivity contribution < 1.29 is 14.5 Å². The van der Waals surface area contributed by atoms with E-state index in [2.05, 4.69) is 0 Å². The summed E-state index contributed by atoms with van der Waals surface area (Å²) in [6.07, 6.45) is 0. The van der Waals surface area contributed by atoms with Crippen LogP contribution in [0.4, 0.5) is 5.69 Å². The van der Waals surface area contributed by atoms with Crippen LogP contribution in [0.5, 0.6) is 5.75 Å². The van der Waals surface area contributed by atoms with Crippen molar-refractivity contribution >= 4 is 46.0 Å². The van der Waals surface area contributed by atoms with Crippen molar-refractivity contribution in [1.82, 2.24) is 0 Å². The number of hydrogen-bond acceptors (Lipinski definition) is 5. The molecular weight excluding hydrogens is 325 g/mol. The zero-order valence-electron chi connectivity index (χ0n) is 9.84. The monoisotopic (exact) mass is 331 g/mol. The fourth-order valence-electron chi connectivity index (χ4n) is 1.43. The van der Waals surface area contributed by atoms with Crippen molar-refractivity contribution in [2.75, 3.05) is 6.61 Å². The van der Waals surface area contributed by atoms with Crippen LogP contribution < -0.4 is 4.74 Å². The van der Waals surface area contributed by atoms with Crippen LogP contribution in [0.15, 0.2) is 29.6 Å². The summed E-state index contributed by atoms with van der Waals surface area (Å²) >= 11 is 12.8. The van der Waals surface area contributed by atoms with E-state index in [1.54, 1.807) is 17.5 Å². The molecule has 0 spiro atoms. The molecule has 2 aromatic rings. The maximum atomic E-state index is 11.8. The van der Waals surface area contributed by atoms with Crippen LogP contribution in [0.2, 0.25) is 10.0 Å². The standard InChI is InChI=1S/C12H7Cl2NO4S/c13-7-4-9(15(17)18)11(5-8(7)14)19-6-10(16)12-2-1-3-20-12/h1-5H,6H2. The number of ketones is 1. The number of carbonyl (C=O) groups is 1. The molecule has 0 N–H and O–H groups in total. The number of thiophene rings is 1. The highest BCUT2D eigenvalue weighted by Crippen LogP contribution is 2.35. The van der Waals surface area contributed by atoms with Gasteiger partial charge >= 0.3 is 5.69 Å². The lowest BCUT2D eigenvalue weighted by Crippen LogP contribution is -2.11. The van der Waals surface area contributed by atoms with Crippen molar-refractivity contribution in [3.63, 3.8) is 0 Å². The van der Waals surface area contributed by atoms with E-state index in [1.165, 1.54) is 17.4 Å². The Morgan fingerprint density at radius 3 is 2.65 bits per heavy atom. The van der Waals surface area contributed by atoms with Crippen LogP contribution >= 0.6 is 34.5 Å². The first-order chi connectivity index (χ1) is 9.49. The smallest absolute Gasteiger partial charge is 0.312 e. The Hall–Kier alpha value is -1.63. The van der Waals surface area contributed by atoms with Gasteiger partial charge in [0.25, 0.3) is 0 Å². The van der Waals surface area contributed by atoms with Crippen LogP contribution in [0.1, 0.15) is 9.67 Å². The third kappa shape index (κ3) is 3.27. The van der Waals surface area contributed by atoms with Crippen molar-refractivity contribution in [2.45, 2.75) is 0 Å². The van der Waals surface area contributed by atoms with Crippen LogP contribution in [-0.2, 0) is 0 Å². The highest BCUT2D eigenvalue weighted by molar-refractivity contribution is 7.12. The molecule has 0 aliphatic heterocycles. The molecule has 0 unspecified atom stereocenters. The Bertz CT molecular complexity index is 658. The van der Waals surface area contributed by atoms with Crippen molar-refractivity contribution in [1.29, 1.82) is 0 Å². The van der Waals surface area contributed by atoms with Crippen LogP contribution in [0.25, 0.3) is 0 Å². The zero-order valence-corrected chi connectivity index (χ0v) is 12.2. The van der Waals surface area contributed by atoms with Gasteiger partial charge in [-0.1, -0.05) is 29.3 Å². The molecular formula is C12H7Cl2NO4S. The number of rotatable bonds is 5. The highest BCUT2D eigenvalue weighted by Gasteiger charge is 2.19. The third-order valence-corrected chi connectivity index (χ3v) is 3.99. The predicted molar refractivity (Wildman–Crippen MR) is 77.3 cm³/mol. The summed E-state index contributed by atoms with van der Waals surface area (Å²) in [5, 5.41) is 12.8. The highest BCUT2D eigenvalue weighted by atomic mass is 35.5. The van der Waals surface area contributed by atoms with E-state index in [1.807, 2.05) is 0 Å². The Morgan fingerprint density at radius 1 is 1.35 bits per heavy atom. The average molecular weight is 332 g/mol. The van der Waals surface area contributed by atoms with Gasteiger partial charge in [-0.25, -0.2) is 0 Å². The molecule has 0 saturated carbocycles. The number of halogens is 2. The van der Waals surface area contributed by atoms with Gasteiger partial charge < -0.3 is 4.74 Å². The summed E-state index contributed by atoms with van der Waals surface area (Å²) < 4.78 is 5.19. The van der Waals surface area contributed by atoms with Gasteiger partial charge in [0.15, 0.2) is 12.4 Å². The lowest BCUT2D eigenvalue weighted by atomic mass is 10.3. The van der Waals surface area contributed by atoms with E-state index in [0.717, 1.165) is 6.07 Å². The first-order valence-electron chi connectivity index (χ1n) is 5.32. The Kier molecular flexibility index (Phi) is 4.59. The average Bonchev–Trinajstić information content (AvgIpc) is 2.93. The molecule has 0 aliphatic carbocycles. The van der Waals surface area contributed by atoms with Crippen molar-refractivity contribution in [2.24, 2.45) is 0 Å². The molecule has 20 heavy (non-hydrogen) atoms. The summed E-state index contributed by atoms with van der Waals surface area (Å²) in [6, 6.07) is 5.71. The van der Waals surface area contributed by atoms with E-state index in [9.17, 15) is 14.9 Å².